The van der Waals surface area contributed by atoms with E-state index in [-0.39, 0.29) is 0 Å². The van der Waals surface area contributed by atoms with Crippen LogP contribution in [0.1, 0.15) is 0 Å². The summed E-state index contributed by atoms with van der Waals surface area (Å²) in [7, 11) is 0. The molecule has 0 saturated carbocycles. The van der Waals surface area contributed by atoms with Gasteiger partial charge in [-0.25, -0.2) is 9.97 Å². The third kappa shape index (κ3) is 1.28. The lowest BCUT2D eigenvalue weighted by molar-refractivity contribution is 0.577. The van der Waals surface area contributed by atoms with Gasteiger partial charge in [-0.15, -0.1) is 0 Å². The molecular formula is C9H5ClN4O. The van der Waals surface area contributed by atoms with Crippen molar-refractivity contribution in [1.82, 2.24) is 20.2 Å². The Hall–Kier alpha value is -1.88. The summed E-state index contributed by atoms with van der Waals surface area (Å²) in [6.07, 6.45) is 3.22. The summed E-state index contributed by atoms with van der Waals surface area (Å²) < 4.78 is 5.19. The molecule has 0 unspecified atom stereocenters. The van der Waals surface area contributed by atoms with E-state index in [0.717, 1.165) is 0 Å². The molecule has 0 radical (unpaired) electrons. The smallest absolute Gasteiger partial charge is 0.197 e. The van der Waals surface area contributed by atoms with E-state index in [1.807, 2.05) is 0 Å². The van der Waals surface area contributed by atoms with Crippen LogP contribution < -0.4 is 0 Å². The van der Waals surface area contributed by atoms with Crippen molar-refractivity contribution in [2.75, 3.05) is 0 Å². The van der Waals surface area contributed by atoms with Crippen LogP contribution in [0.25, 0.3) is 22.6 Å². The zero-order chi connectivity index (χ0) is 10.3. The van der Waals surface area contributed by atoms with Gasteiger partial charge in [0.2, 0.25) is 0 Å². The van der Waals surface area contributed by atoms with E-state index in [1.165, 1.54) is 0 Å². The number of furan rings is 1. The molecule has 0 fully saturated rings. The summed E-state index contributed by atoms with van der Waals surface area (Å²) in [5.41, 5.74) is 1.23. The van der Waals surface area contributed by atoms with Crippen molar-refractivity contribution < 1.29 is 4.42 Å². The normalized spacial score (nSPS) is 11.0. The maximum absolute atomic E-state index is 5.95. The van der Waals surface area contributed by atoms with Gasteiger partial charge in [-0.2, -0.15) is 5.10 Å². The Labute approximate surface area is 89.1 Å². The van der Waals surface area contributed by atoms with Gasteiger partial charge in [0.05, 0.1) is 6.26 Å². The van der Waals surface area contributed by atoms with Gasteiger partial charge in [-0.1, -0.05) is 11.6 Å². The lowest BCUT2D eigenvalue weighted by Gasteiger charge is -1.96. The minimum atomic E-state index is 0.313. The van der Waals surface area contributed by atoms with Gasteiger partial charge in [0.15, 0.2) is 16.7 Å². The average molecular weight is 221 g/mol. The fourth-order valence-corrected chi connectivity index (χ4v) is 1.54. The number of halogens is 1. The van der Waals surface area contributed by atoms with Crippen molar-refractivity contribution >= 4 is 22.6 Å². The van der Waals surface area contributed by atoms with Crippen molar-refractivity contribution in [1.29, 1.82) is 0 Å². The fourth-order valence-electron chi connectivity index (χ4n) is 1.32. The Morgan fingerprint density at radius 1 is 1.33 bits per heavy atom. The second-order valence-electron chi connectivity index (χ2n) is 2.93. The molecule has 3 rings (SSSR count). The zero-order valence-electron chi connectivity index (χ0n) is 7.44. The Morgan fingerprint density at radius 3 is 3.07 bits per heavy atom. The van der Waals surface area contributed by atoms with Crippen LogP contribution in [0.5, 0.6) is 0 Å². The lowest BCUT2D eigenvalue weighted by atomic mass is 10.4. The molecule has 0 bridgehead atoms. The van der Waals surface area contributed by atoms with Crippen LogP contribution in [0.2, 0.25) is 5.15 Å². The van der Waals surface area contributed by atoms with E-state index in [4.69, 9.17) is 16.0 Å². The lowest BCUT2D eigenvalue weighted by Crippen LogP contribution is -1.89. The molecule has 3 heterocycles. The number of aromatic amines is 1. The zero-order valence-corrected chi connectivity index (χ0v) is 8.19. The van der Waals surface area contributed by atoms with Crippen LogP contribution in [-0.4, -0.2) is 20.2 Å². The molecule has 15 heavy (non-hydrogen) atoms. The van der Waals surface area contributed by atoms with Gasteiger partial charge in [-0.3, -0.25) is 5.10 Å². The van der Waals surface area contributed by atoms with E-state index >= 15 is 0 Å². The largest absolute Gasteiger partial charge is 0.461 e. The molecule has 0 spiro atoms. The average Bonchev–Trinajstić information content (AvgIpc) is 2.88. The molecule has 0 aromatic carbocycles. The first kappa shape index (κ1) is 8.43. The van der Waals surface area contributed by atoms with Gasteiger partial charge in [0.25, 0.3) is 0 Å². The molecule has 0 aliphatic carbocycles. The predicted molar refractivity (Wildman–Crippen MR) is 54.4 cm³/mol. The third-order valence-corrected chi connectivity index (χ3v) is 2.25. The Morgan fingerprint density at radius 2 is 2.27 bits per heavy atom. The Bertz CT molecular complexity index is 602. The predicted octanol–water partition coefficient (Wildman–Crippen LogP) is 2.27. The molecule has 3 aromatic heterocycles. The van der Waals surface area contributed by atoms with E-state index in [2.05, 4.69) is 20.2 Å². The number of rotatable bonds is 1. The van der Waals surface area contributed by atoms with Crippen LogP contribution in [-0.2, 0) is 0 Å². The number of aromatic nitrogens is 4. The SMILES string of the molecule is Clc1nc(-c2ccco2)nc2c[nH]nc12. The Kier molecular flexibility index (Phi) is 1.72. The molecule has 0 amide bonds. The second kappa shape index (κ2) is 3.06. The standard InChI is InChI=1S/C9H5ClN4O/c10-8-7-5(4-11-14-7)12-9(13-8)6-2-1-3-15-6/h1-4H,(H,11,14). The van der Waals surface area contributed by atoms with Crippen LogP contribution >= 0.6 is 11.6 Å². The van der Waals surface area contributed by atoms with Gasteiger partial charge in [-0.05, 0) is 12.1 Å². The molecule has 6 heteroatoms. The first-order valence-electron chi connectivity index (χ1n) is 4.25. The highest BCUT2D eigenvalue weighted by Crippen LogP contribution is 2.22. The minimum absolute atomic E-state index is 0.313. The monoisotopic (exact) mass is 220 g/mol. The van der Waals surface area contributed by atoms with Gasteiger partial charge < -0.3 is 4.42 Å². The molecule has 0 aliphatic rings. The number of nitrogens with zero attached hydrogens (tertiary/aromatic N) is 3. The summed E-state index contributed by atoms with van der Waals surface area (Å²) in [6, 6.07) is 3.55. The van der Waals surface area contributed by atoms with Crippen LogP contribution in [0.4, 0.5) is 0 Å². The van der Waals surface area contributed by atoms with Crippen molar-refractivity contribution in [3.05, 3.63) is 29.7 Å². The summed E-state index contributed by atoms with van der Waals surface area (Å²) in [6.45, 7) is 0. The fraction of sp³-hybridized carbons (Fsp3) is 0. The van der Waals surface area contributed by atoms with Crippen molar-refractivity contribution in [3.63, 3.8) is 0 Å². The minimum Gasteiger partial charge on any atom is -0.461 e. The first-order chi connectivity index (χ1) is 7.34. The number of H-pyrrole nitrogens is 1. The molecule has 74 valence electrons. The highest BCUT2D eigenvalue weighted by Gasteiger charge is 2.10. The summed E-state index contributed by atoms with van der Waals surface area (Å²) >= 11 is 5.95. The number of nitrogens with one attached hydrogen (secondary N) is 1. The third-order valence-electron chi connectivity index (χ3n) is 1.99. The summed E-state index contributed by atoms with van der Waals surface area (Å²) in [5.74, 6) is 1.04. The molecule has 0 atom stereocenters. The van der Waals surface area contributed by atoms with Crippen LogP contribution in [0.3, 0.4) is 0 Å². The van der Waals surface area contributed by atoms with Crippen molar-refractivity contribution in [2.45, 2.75) is 0 Å². The van der Waals surface area contributed by atoms with Gasteiger partial charge in [0, 0.05) is 6.20 Å². The molecule has 0 saturated heterocycles. The molecule has 3 aromatic rings. The van der Waals surface area contributed by atoms with Gasteiger partial charge >= 0.3 is 0 Å². The number of hydrogen-bond donors (Lipinski definition) is 1. The maximum Gasteiger partial charge on any atom is 0.197 e. The van der Waals surface area contributed by atoms with Crippen molar-refractivity contribution in [2.24, 2.45) is 0 Å². The highest BCUT2D eigenvalue weighted by atomic mass is 35.5. The Balaban J connectivity index is 2.29. The van der Waals surface area contributed by atoms with Crippen molar-refractivity contribution in [3.8, 4) is 11.6 Å². The van der Waals surface area contributed by atoms with E-state index in [1.54, 1.807) is 24.6 Å². The molecule has 0 aliphatic heterocycles. The topological polar surface area (TPSA) is 67.6 Å². The summed E-state index contributed by atoms with van der Waals surface area (Å²) in [5, 5.41) is 6.92. The molecule has 5 nitrogen and oxygen atoms in total. The number of hydrogen-bond acceptors (Lipinski definition) is 4. The summed E-state index contributed by atoms with van der Waals surface area (Å²) in [4.78, 5) is 8.35. The number of fused-ring (bicyclic) bond motifs is 1. The first-order valence-corrected chi connectivity index (χ1v) is 4.63. The molecule has 1 N–H and O–H groups in total. The van der Waals surface area contributed by atoms with E-state index in [0.29, 0.717) is 27.8 Å². The highest BCUT2D eigenvalue weighted by molar-refractivity contribution is 6.33. The maximum atomic E-state index is 5.95. The molecular weight excluding hydrogens is 216 g/mol. The van der Waals surface area contributed by atoms with Crippen LogP contribution in [0, 0.1) is 0 Å². The quantitative estimate of drug-likeness (QED) is 0.639. The van der Waals surface area contributed by atoms with Crippen LogP contribution in [0.15, 0.2) is 29.0 Å². The van der Waals surface area contributed by atoms with E-state index in [9.17, 15) is 0 Å². The van der Waals surface area contributed by atoms with E-state index < -0.39 is 0 Å². The second-order valence-corrected chi connectivity index (χ2v) is 3.29. The van der Waals surface area contributed by atoms with Gasteiger partial charge in [0.1, 0.15) is 11.0 Å².